The average molecular weight is 305 g/mol. The van der Waals surface area contributed by atoms with Gasteiger partial charge in [-0.3, -0.25) is 0 Å². The summed E-state index contributed by atoms with van der Waals surface area (Å²) >= 11 is 11.7. The molecule has 1 aromatic heterocycles. The molecule has 2 aromatic rings. The molecule has 0 saturated heterocycles. The Morgan fingerprint density at radius 2 is 1.74 bits per heavy atom. The summed E-state index contributed by atoms with van der Waals surface area (Å²) in [4.78, 5) is 0. The minimum atomic E-state index is -4.51. The van der Waals surface area contributed by atoms with E-state index >= 15 is 0 Å². The van der Waals surface area contributed by atoms with Crippen LogP contribution in [0, 0.1) is 11.3 Å². The van der Waals surface area contributed by atoms with Gasteiger partial charge in [0.15, 0.2) is 0 Å². The van der Waals surface area contributed by atoms with Gasteiger partial charge in [0.25, 0.3) is 0 Å². The highest BCUT2D eigenvalue weighted by Gasteiger charge is 2.32. The summed E-state index contributed by atoms with van der Waals surface area (Å²) in [6, 6.07) is 5.01. The molecular weight excluding hydrogens is 300 g/mol. The molecule has 1 heterocycles. The van der Waals surface area contributed by atoms with Gasteiger partial charge < -0.3 is 4.57 Å². The molecule has 0 amide bonds. The second-order valence-corrected chi connectivity index (χ2v) is 4.52. The van der Waals surface area contributed by atoms with Gasteiger partial charge in [0.2, 0.25) is 0 Å². The third-order valence-electron chi connectivity index (χ3n) is 2.42. The van der Waals surface area contributed by atoms with Gasteiger partial charge in [-0.1, -0.05) is 23.2 Å². The normalized spacial score (nSPS) is 11.4. The van der Waals surface area contributed by atoms with E-state index in [1.54, 1.807) is 0 Å². The molecule has 0 fully saturated rings. The maximum atomic E-state index is 12.6. The van der Waals surface area contributed by atoms with Crippen molar-refractivity contribution in [2.24, 2.45) is 0 Å². The molecule has 0 saturated carbocycles. The van der Waals surface area contributed by atoms with E-state index in [1.165, 1.54) is 23.0 Å². The summed E-state index contributed by atoms with van der Waals surface area (Å²) in [7, 11) is 0. The molecule has 0 unspecified atom stereocenters. The number of benzene rings is 1. The number of hydrogen-bond acceptors (Lipinski definition) is 1. The quantitative estimate of drug-likeness (QED) is 0.752. The Kier molecular flexibility index (Phi) is 3.48. The van der Waals surface area contributed by atoms with Crippen LogP contribution >= 0.6 is 23.2 Å². The third kappa shape index (κ3) is 2.70. The van der Waals surface area contributed by atoms with Crippen molar-refractivity contribution >= 4 is 23.2 Å². The number of halogens is 5. The summed E-state index contributed by atoms with van der Waals surface area (Å²) in [5.41, 5.74) is -0.358. The minimum Gasteiger partial charge on any atom is -0.320 e. The van der Waals surface area contributed by atoms with Crippen LogP contribution in [0.2, 0.25) is 10.0 Å². The Balaban J connectivity index is 2.57. The van der Waals surface area contributed by atoms with Crippen LogP contribution < -0.4 is 0 Å². The van der Waals surface area contributed by atoms with E-state index in [0.717, 1.165) is 12.1 Å². The molecule has 0 bridgehead atoms. The number of alkyl halides is 3. The fourth-order valence-corrected chi connectivity index (χ4v) is 2.26. The summed E-state index contributed by atoms with van der Waals surface area (Å²) in [6.45, 7) is 0. The van der Waals surface area contributed by atoms with Gasteiger partial charge in [-0.15, -0.1) is 0 Å². The molecule has 98 valence electrons. The standard InChI is InChI=1S/C12H5Cl2F3N2/c13-9-3-8(12(15,16)17)4-10(14)11(9)19-2-1-7(5-18)6-19/h1-4,6H. The molecule has 2 nitrogen and oxygen atoms in total. The van der Waals surface area contributed by atoms with Crippen molar-refractivity contribution in [1.29, 1.82) is 5.26 Å². The van der Waals surface area contributed by atoms with E-state index in [2.05, 4.69) is 0 Å². The maximum absolute atomic E-state index is 12.6. The number of nitriles is 1. The van der Waals surface area contributed by atoms with E-state index in [1.807, 2.05) is 6.07 Å². The Hall–Kier alpha value is -1.64. The fraction of sp³-hybridized carbons (Fsp3) is 0.0833. The predicted octanol–water partition coefficient (Wildman–Crippen LogP) is 4.67. The molecule has 0 atom stereocenters. The van der Waals surface area contributed by atoms with Crippen molar-refractivity contribution in [3.05, 3.63) is 51.8 Å². The lowest BCUT2D eigenvalue weighted by atomic mass is 10.2. The lowest BCUT2D eigenvalue weighted by Gasteiger charge is -2.12. The molecule has 0 radical (unpaired) electrons. The Morgan fingerprint density at radius 3 is 2.16 bits per heavy atom. The average Bonchev–Trinajstić information content (AvgIpc) is 2.75. The van der Waals surface area contributed by atoms with E-state index in [-0.39, 0.29) is 15.7 Å². The summed E-state index contributed by atoms with van der Waals surface area (Å²) in [6.07, 6.45) is -1.58. The highest BCUT2D eigenvalue weighted by atomic mass is 35.5. The lowest BCUT2D eigenvalue weighted by molar-refractivity contribution is -0.137. The molecule has 0 aliphatic rings. The molecule has 0 aliphatic heterocycles. The van der Waals surface area contributed by atoms with Gasteiger partial charge in [-0.05, 0) is 18.2 Å². The zero-order valence-electron chi connectivity index (χ0n) is 9.17. The molecule has 19 heavy (non-hydrogen) atoms. The minimum absolute atomic E-state index is 0.139. The van der Waals surface area contributed by atoms with E-state index < -0.39 is 11.7 Å². The van der Waals surface area contributed by atoms with Crippen molar-refractivity contribution in [3.8, 4) is 11.8 Å². The smallest absolute Gasteiger partial charge is 0.320 e. The SMILES string of the molecule is N#Cc1ccn(-c2c(Cl)cc(C(F)(F)F)cc2Cl)c1. The Bertz CT molecular complexity index is 645. The largest absolute Gasteiger partial charge is 0.416 e. The van der Waals surface area contributed by atoms with E-state index in [9.17, 15) is 13.2 Å². The molecular formula is C12H5Cl2F3N2. The van der Waals surface area contributed by atoms with Crippen LogP contribution in [0.25, 0.3) is 5.69 Å². The van der Waals surface area contributed by atoms with Crippen molar-refractivity contribution < 1.29 is 13.2 Å². The molecule has 1 aromatic carbocycles. The third-order valence-corrected chi connectivity index (χ3v) is 3.00. The van der Waals surface area contributed by atoms with Crippen LogP contribution in [0.4, 0.5) is 13.2 Å². The van der Waals surface area contributed by atoms with Crippen molar-refractivity contribution in [3.63, 3.8) is 0 Å². The first kappa shape index (κ1) is 13.8. The van der Waals surface area contributed by atoms with Crippen LogP contribution in [-0.4, -0.2) is 4.57 Å². The monoisotopic (exact) mass is 304 g/mol. The van der Waals surface area contributed by atoms with Crippen LogP contribution in [0.3, 0.4) is 0 Å². The molecule has 0 N–H and O–H groups in total. The second kappa shape index (κ2) is 4.80. The number of nitrogens with zero attached hydrogens (tertiary/aromatic N) is 2. The van der Waals surface area contributed by atoms with Gasteiger partial charge in [0.1, 0.15) is 6.07 Å². The first-order chi connectivity index (χ1) is 8.82. The first-order valence-corrected chi connectivity index (χ1v) is 5.73. The first-order valence-electron chi connectivity index (χ1n) is 4.97. The Labute approximate surface area is 116 Å². The fourth-order valence-electron chi connectivity index (χ4n) is 1.58. The summed E-state index contributed by atoms with van der Waals surface area (Å²) in [5, 5.41) is 8.43. The van der Waals surface area contributed by atoms with Gasteiger partial charge in [0.05, 0.1) is 26.9 Å². The highest BCUT2D eigenvalue weighted by Crippen LogP contribution is 2.37. The number of rotatable bonds is 1. The number of aromatic nitrogens is 1. The van der Waals surface area contributed by atoms with E-state index in [0.29, 0.717) is 5.56 Å². The zero-order chi connectivity index (χ0) is 14.2. The van der Waals surface area contributed by atoms with Crippen molar-refractivity contribution in [2.75, 3.05) is 0 Å². The second-order valence-electron chi connectivity index (χ2n) is 3.71. The lowest BCUT2D eigenvalue weighted by Crippen LogP contribution is -2.06. The topological polar surface area (TPSA) is 28.7 Å². The summed E-state index contributed by atoms with van der Waals surface area (Å²) < 4.78 is 39.1. The maximum Gasteiger partial charge on any atom is 0.416 e. The highest BCUT2D eigenvalue weighted by molar-refractivity contribution is 6.37. The van der Waals surface area contributed by atoms with Crippen LogP contribution in [0.5, 0.6) is 0 Å². The number of hydrogen-bond donors (Lipinski definition) is 0. The Morgan fingerprint density at radius 1 is 1.16 bits per heavy atom. The predicted molar refractivity (Wildman–Crippen MR) is 65.5 cm³/mol. The van der Waals surface area contributed by atoms with Crippen molar-refractivity contribution in [1.82, 2.24) is 4.57 Å². The van der Waals surface area contributed by atoms with Gasteiger partial charge in [0, 0.05) is 12.4 Å². The van der Waals surface area contributed by atoms with Crippen LogP contribution in [0.1, 0.15) is 11.1 Å². The zero-order valence-corrected chi connectivity index (χ0v) is 10.7. The molecule has 0 spiro atoms. The van der Waals surface area contributed by atoms with Gasteiger partial charge in [-0.2, -0.15) is 18.4 Å². The van der Waals surface area contributed by atoms with Gasteiger partial charge >= 0.3 is 6.18 Å². The van der Waals surface area contributed by atoms with Crippen LogP contribution in [0.15, 0.2) is 30.6 Å². The van der Waals surface area contributed by atoms with Crippen LogP contribution in [-0.2, 0) is 6.18 Å². The molecule has 0 aliphatic carbocycles. The van der Waals surface area contributed by atoms with Gasteiger partial charge in [-0.25, -0.2) is 0 Å². The molecule has 2 rings (SSSR count). The summed E-state index contributed by atoms with van der Waals surface area (Å²) in [5.74, 6) is 0. The van der Waals surface area contributed by atoms with Crippen molar-refractivity contribution in [2.45, 2.75) is 6.18 Å². The molecule has 7 heteroatoms. The van der Waals surface area contributed by atoms with E-state index in [4.69, 9.17) is 28.5 Å².